The minimum Gasteiger partial charge on any atom is -0.285 e. The molecule has 70 valence electrons. The molecule has 4 nitrogen and oxygen atoms in total. The second-order valence-corrected chi connectivity index (χ2v) is 4.20. The van der Waals surface area contributed by atoms with Crippen molar-refractivity contribution in [1.29, 1.82) is 0 Å². The number of carbonyl (C=O) groups is 1. The summed E-state index contributed by atoms with van der Waals surface area (Å²) in [5.41, 5.74) is 0. The van der Waals surface area contributed by atoms with E-state index in [1.54, 1.807) is 18.5 Å². The molecule has 0 saturated carbocycles. The number of nitrogens with one attached hydrogen (secondary N) is 1. The van der Waals surface area contributed by atoms with Crippen LogP contribution in [0.4, 0.5) is 10.7 Å². The lowest BCUT2D eigenvalue weighted by Crippen LogP contribution is -2.10. The largest absolute Gasteiger partial charge is 0.286 e. The zero-order chi connectivity index (χ0) is 9.68. The maximum atomic E-state index is 11.2. The number of hydrogen-bond acceptors (Lipinski definition) is 4. The van der Waals surface area contributed by atoms with Gasteiger partial charge in [0.15, 0.2) is 0 Å². The van der Waals surface area contributed by atoms with Crippen LogP contribution in [-0.2, 0) is 0 Å². The van der Waals surface area contributed by atoms with E-state index in [0.29, 0.717) is 5.95 Å². The van der Waals surface area contributed by atoms with Gasteiger partial charge in [-0.15, -0.1) is 0 Å². The van der Waals surface area contributed by atoms with E-state index >= 15 is 0 Å². The van der Waals surface area contributed by atoms with Crippen LogP contribution >= 0.6 is 11.8 Å². The summed E-state index contributed by atoms with van der Waals surface area (Å²) < 4.78 is 0. The summed E-state index contributed by atoms with van der Waals surface area (Å²) in [6.07, 6.45) is 3.17. The van der Waals surface area contributed by atoms with Gasteiger partial charge in [0.1, 0.15) is 0 Å². The average molecular weight is 197 g/mol. The van der Waals surface area contributed by atoms with Crippen molar-refractivity contribution in [3.63, 3.8) is 0 Å². The van der Waals surface area contributed by atoms with Gasteiger partial charge in [0.25, 0.3) is 5.24 Å². The standard InChI is InChI=1S/C8H11N3OS/c1-6(2)13-8(12)11-7-9-4-3-5-10-7/h3-6H,1-2H3,(H,9,10,11,12). The second kappa shape index (κ2) is 4.81. The van der Waals surface area contributed by atoms with Crippen LogP contribution in [-0.4, -0.2) is 20.5 Å². The van der Waals surface area contributed by atoms with E-state index in [9.17, 15) is 4.79 Å². The van der Waals surface area contributed by atoms with Crippen LogP contribution in [0.5, 0.6) is 0 Å². The molecule has 0 aliphatic carbocycles. The fraction of sp³-hybridized carbons (Fsp3) is 0.375. The summed E-state index contributed by atoms with van der Waals surface area (Å²) in [6, 6.07) is 1.70. The summed E-state index contributed by atoms with van der Waals surface area (Å²) in [4.78, 5) is 18.9. The summed E-state index contributed by atoms with van der Waals surface area (Å²) in [6.45, 7) is 3.91. The van der Waals surface area contributed by atoms with E-state index in [2.05, 4.69) is 15.3 Å². The number of nitrogens with zero attached hydrogens (tertiary/aromatic N) is 2. The van der Waals surface area contributed by atoms with Crippen LogP contribution in [0.25, 0.3) is 0 Å². The third kappa shape index (κ3) is 3.89. The van der Waals surface area contributed by atoms with Gasteiger partial charge >= 0.3 is 0 Å². The van der Waals surface area contributed by atoms with Crippen molar-refractivity contribution in [3.05, 3.63) is 18.5 Å². The van der Waals surface area contributed by atoms with Gasteiger partial charge in [-0.2, -0.15) is 0 Å². The highest BCUT2D eigenvalue weighted by Crippen LogP contribution is 2.12. The molecule has 1 aromatic heterocycles. The molecule has 1 aromatic rings. The lowest BCUT2D eigenvalue weighted by atomic mass is 10.6. The van der Waals surface area contributed by atoms with E-state index in [-0.39, 0.29) is 10.5 Å². The van der Waals surface area contributed by atoms with Crippen molar-refractivity contribution in [3.8, 4) is 0 Å². The molecule has 0 spiro atoms. The van der Waals surface area contributed by atoms with Crippen molar-refractivity contribution in [1.82, 2.24) is 9.97 Å². The highest BCUT2D eigenvalue weighted by molar-refractivity contribution is 8.14. The fourth-order valence-electron chi connectivity index (χ4n) is 0.698. The third-order valence-electron chi connectivity index (χ3n) is 1.12. The molecule has 0 aliphatic heterocycles. The van der Waals surface area contributed by atoms with Gasteiger partial charge in [0, 0.05) is 17.6 Å². The summed E-state index contributed by atoms with van der Waals surface area (Å²) in [5.74, 6) is 0.348. The number of thioether (sulfide) groups is 1. The van der Waals surface area contributed by atoms with Crippen molar-refractivity contribution in [2.75, 3.05) is 5.32 Å². The average Bonchev–Trinajstić information content (AvgIpc) is 2.04. The minimum atomic E-state index is -0.124. The molecule has 13 heavy (non-hydrogen) atoms. The Kier molecular flexibility index (Phi) is 3.70. The molecule has 0 aromatic carbocycles. The number of hydrogen-bond donors (Lipinski definition) is 1. The Balaban J connectivity index is 2.46. The SMILES string of the molecule is CC(C)SC(=O)Nc1ncccn1. The van der Waals surface area contributed by atoms with E-state index in [4.69, 9.17) is 0 Å². The Bertz CT molecular complexity index is 276. The zero-order valence-corrected chi connectivity index (χ0v) is 8.34. The van der Waals surface area contributed by atoms with Crippen molar-refractivity contribution < 1.29 is 4.79 Å². The minimum absolute atomic E-state index is 0.124. The van der Waals surface area contributed by atoms with E-state index < -0.39 is 0 Å². The van der Waals surface area contributed by atoms with Gasteiger partial charge in [0.2, 0.25) is 5.95 Å². The van der Waals surface area contributed by atoms with Gasteiger partial charge in [0.05, 0.1) is 0 Å². The number of rotatable bonds is 2. The first-order valence-electron chi connectivity index (χ1n) is 3.93. The van der Waals surface area contributed by atoms with Crippen molar-refractivity contribution in [2.24, 2.45) is 0 Å². The molecular weight excluding hydrogens is 186 g/mol. The number of carbonyl (C=O) groups excluding carboxylic acids is 1. The first-order valence-corrected chi connectivity index (χ1v) is 4.81. The highest BCUT2D eigenvalue weighted by atomic mass is 32.2. The molecule has 1 heterocycles. The molecule has 0 unspecified atom stereocenters. The molecular formula is C8H11N3OS. The molecule has 0 fully saturated rings. The molecule has 1 rings (SSSR count). The first kappa shape index (κ1) is 9.98. The Morgan fingerprint density at radius 3 is 2.62 bits per heavy atom. The Morgan fingerprint density at radius 1 is 1.46 bits per heavy atom. The topological polar surface area (TPSA) is 54.9 Å². The van der Waals surface area contributed by atoms with E-state index in [0.717, 1.165) is 0 Å². The van der Waals surface area contributed by atoms with Crippen LogP contribution in [0.2, 0.25) is 0 Å². The van der Waals surface area contributed by atoms with Crippen molar-refractivity contribution in [2.45, 2.75) is 19.1 Å². The van der Waals surface area contributed by atoms with Gasteiger partial charge in [-0.3, -0.25) is 10.1 Å². The summed E-state index contributed by atoms with van der Waals surface area (Å²) in [5, 5.41) is 2.72. The second-order valence-electron chi connectivity index (χ2n) is 2.65. The molecule has 5 heteroatoms. The predicted molar refractivity (Wildman–Crippen MR) is 53.8 cm³/mol. The lowest BCUT2D eigenvalue weighted by molar-refractivity contribution is 0.269. The van der Waals surface area contributed by atoms with Crippen LogP contribution < -0.4 is 5.32 Å². The molecule has 0 radical (unpaired) electrons. The maximum absolute atomic E-state index is 11.2. The summed E-state index contributed by atoms with van der Waals surface area (Å²) in [7, 11) is 0. The van der Waals surface area contributed by atoms with Gasteiger partial charge in [-0.1, -0.05) is 25.6 Å². The van der Waals surface area contributed by atoms with E-state index in [1.165, 1.54) is 11.8 Å². The van der Waals surface area contributed by atoms with Gasteiger partial charge in [-0.05, 0) is 6.07 Å². The Labute approximate surface area is 81.2 Å². The molecule has 0 atom stereocenters. The molecule has 0 aliphatic rings. The third-order valence-corrected chi connectivity index (χ3v) is 1.91. The van der Waals surface area contributed by atoms with Crippen LogP contribution in [0.15, 0.2) is 18.5 Å². The molecule has 1 N–H and O–H groups in total. The first-order chi connectivity index (χ1) is 6.18. The smallest absolute Gasteiger partial charge is 0.285 e. The molecule has 0 bridgehead atoms. The number of anilines is 1. The highest BCUT2D eigenvalue weighted by Gasteiger charge is 2.06. The molecule has 0 saturated heterocycles. The monoisotopic (exact) mass is 197 g/mol. The predicted octanol–water partition coefficient (Wildman–Crippen LogP) is 2.15. The van der Waals surface area contributed by atoms with Crippen LogP contribution in [0.1, 0.15) is 13.8 Å². The van der Waals surface area contributed by atoms with E-state index in [1.807, 2.05) is 13.8 Å². The normalized spacial score (nSPS) is 10.1. The zero-order valence-electron chi connectivity index (χ0n) is 7.52. The molecule has 1 amide bonds. The summed E-state index contributed by atoms with van der Waals surface area (Å²) >= 11 is 1.22. The quantitative estimate of drug-likeness (QED) is 0.789. The number of amides is 1. The van der Waals surface area contributed by atoms with Crippen molar-refractivity contribution >= 4 is 22.9 Å². The lowest BCUT2D eigenvalue weighted by Gasteiger charge is -2.03. The van der Waals surface area contributed by atoms with Crippen LogP contribution in [0, 0.1) is 0 Å². The fourth-order valence-corrected chi connectivity index (χ4v) is 1.28. The maximum Gasteiger partial charge on any atom is 0.286 e. The van der Waals surface area contributed by atoms with Gasteiger partial charge in [-0.25, -0.2) is 9.97 Å². The van der Waals surface area contributed by atoms with Crippen LogP contribution in [0.3, 0.4) is 0 Å². The Morgan fingerprint density at radius 2 is 2.08 bits per heavy atom. The number of aromatic nitrogens is 2. The Hall–Kier alpha value is -1.10. The van der Waals surface area contributed by atoms with Gasteiger partial charge < -0.3 is 0 Å².